The van der Waals surface area contributed by atoms with Gasteiger partial charge < -0.3 is 11.1 Å². The average molecular weight is 254 g/mol. The number of hydrogen-bond donors (Lipinski definition) is 2. The molecule has 18 heavy (non-hydrogen) atoms. The van der Waals surface area contributed by atoms with Gasteiger partial charge in [-0.15, -0.1) is 0 Å². The Morgan fingerprint density at radius 3 is 2.22 bits per heavy atom. The lowest BCUT2D eigenvalue weighted by Gasteiger charge is -2.30. The first-order valence-electron chi connectivity index (χ1n) is 7.42. The Kier molecular flexibility index (Phi) is 5.20. The number of nitrogens with two attached hydrogens (primary N) is 1. The summed E-state index contributed by atoms with van der Waals surface area (Å²) in [5.41, 5.74) is 5.85. The topological polar surface area (TPSA) is 55.1 Å². The molecule has 3 nitrogen and oxygen atoms in total. The molecule has 0 aromatic rings. The summed E-state index contributed by atoms with van der Waals surface area (Å²) in [5.74, 6) is 0.867. The van der Waals surface area contributed by atoms with E-state index in [9.17, 15) is 4.79 Å². The van der Waals surface area contributed by atoms with Crippen LogP contribution in [0.15, 0.2) is 0 Å². The van der Waals surface area contributed by atoms with Crippen LogP contribution < -0.4 is 11.1 Å². The molecule has 0 spiro atoms. The number of nitrogens with one attached hydrogen (secondary N) is 1. The molecule has 3 heteroatoms. The summed E-state index contributed by atoms with van der Waals surface area (Å²) in [6.07, 6.45) is 5.39. The van der Waals surface area contributed by atoms with Gasteiger partial charge in [-0.25, -0.2) is 0 Å². The van der Waals surface area contributed by atoms with E-state index in [0.717, 1.165) is 19.4 Å². The highest BCUT2D eigenvalue weighted by Crippen LogP contribution is 2.50. The van der Waals surface area contributed by atoms with Crippen LogP contribution in [0.2, 0.25) is 0 Å². The van der Waals surface area contributed by atoms with Crippen molar-refractivity contribution >= 4 is 5.91 Å². The zero-order valence-corrected chi connectivity index (χ0v) is 12.5. The molecule has 106 valence electrons. The molecule has 0 aromatic heterocycles. The molecule has 0 bridgehead atoms. The van der Waals surface area contributed by atoms with E-state index in [1.54, 1.807) is 0 Å². The predicted octanol–water partition coefficient (Wildman–Crippen LogP) is 2.69. The minimum absolute atomic E-state index is 0.157. The van der Waals surface area contributed by atoms with Crippen LogP contribution in [-0.4, -0.2) is 19.0 Å². The fourth-order valence-corrected chi connectivity index (χ4v) is 2.90. The average Bonchev–Trinajstić information content (AvgIpc) is 3.09. The zero-order chi connectivity index (χ0) is 13.8. The highest BCUT2D eigenvalue weighted by molar-refractivity contribution is 5.82. The van der Waals surface area contributed by atoms with Gasteiger partial charge in [-0.05, 0) is 43.4 Å². The quantitative estimate of drug-likeness (QED) is 0.699. The summed E-state index contributed by atoms with van der Waals surface area (Å²) >= 11 is 0. The molecule has 1 rings (SSSR count). The van der Waals surface area contributed by atoms with Crippen molar-refractivity contribution in [1.82, 2.24) is 5.32 Å². The Morgan fingerprint density at radius 1 is 1.33 bits per heavy atom. The van der Waals surface area contributed by atoms with Gasteiger partial charge in [-0.2, -0.15) is 0 Å². The number of rotatable bonds is 8. The summed E-state index contributed by atoms with van der Waals surface area (Å²) in [6.45, 7) is 9.90. The van der Waals surface area contributed by atoms with Crippen molar-refractivity contribution in [3.8, 4) is 0 Å². The van der Waals surface area contributed by atoms with Crippen molar-refractivity contribution in [2.24, 2.45) is 22.5 Å². The van der Waals surface area contributed by atoms with E-state index in [1.807, 2.05) is 0 Å². The Bertz CT molecular complexity index is 270. The summed E-state index contributed by atoms with van der Waals surface area (Å²) in [5, 5.41) is 3.17. The predicted molar refractivity (Wildman–Crippen MR) is 76.2 cm³/mol. The van der Waals surface area contributed by atoms with Crippen molar-refractivity contribution in [2.45, 2.75) is 59.8 Å². The van der Waals surface area contributed by atoms with Gasteiger partial charge in [-0.3, -0.25) is 4.79 Å². The lowest BCUT2D eigenvalue weighted by Crippen LogP contribution is -2.46. The van der Waals surface area contributed by atoms with Crippen LogP contribution in [0.3, 0.4) is 0 Å². The van der Waals surface area contributed by atoms with Crippen molar-refractivity contribution in [3.05, 3.63) is 0 Å². The number of hydrogen-bond acceptors (Lipinski definition) is 2. The highest BCUT2D eigenvalue weighted by Gasteiger charge is 2.44. The van der Waals surface area contributed by atoms with Gasteiger partial charge in [0.2, 0.25) is 5.91 Å². The molecular weight excluding hydrogens is 224 g/mol. The molecule has 0 unspecified atom stereocenters. The lowest BCUT2D eigenvalue weighted by atomic mass is 9.81. The highest BCUT2D eigenvalue weighted by atomic mass is 16.2. The van der Waals surface area contributed by atoms with Crippen molar-refractivity contribution in [3.63, 3.8) is 0 Å². The van der Waals surface area contributed by atoms with Gasteiger partial charge in [0.15, 0.2) is 0 Å². The second kappa shape index (κ2) is 6.05. The second-order valence-corrected chi connectivity index (χ2v) is 6.47. The van der Waals surface area contributed by atoms with Gasteiger partial charge in [0.05, 0.1) is 5.41 Å². The van der Waals surface area contributed by atoms with Crippen LogP contribution >= 0.6 is 0 Å². The lowest BCUT2D eigenvalue weighted by molar-refractivity contribution is -0.131. The van der Waals surface area contributed by atoms with Crippen LogP contribution in [0.4, 0.5) is 0 Å². The maximum Gasteiger partial charge on any atom is 0.227 e. The standard InChI is InChI=1S/C15H30N2O/c1-5-15(6-2,10-16)13(18)17-11-14(7-8-14)9-12(3)4/h12H,5-11,16H2,1-4H3,(H,17,18). The fourth-order valence-electron chi connectivity index (χ4n) is 2.90. The Balaban J connectivity index is 2.50. The third-order valence-electron chi connectivity index (χ3n) is 4.65. The maximum atomic E-state index is 12.3. The third-order valence-corrected chi connectivity index (χ3v) is 4.65. The van der Waals surface area contributed by atoms with E-state index in [1.165, 1.54) is 19.3 Å². The Labute approximate surface area is 112 Å². The molecule has 1 amide bonds. The first-order valence-corrected chi connectivity index (χ1v) is 7.42. The number of carbonyl (C=O) groups excluding carboxylic acids is 1. The van der Waals surface area contributed by atoms with Gasteiger partial charge in [-0.1, -0.05) is 27.7 Å². The molecule has 1 saturated carbocycles. The third kappa shape index (κ3) is 3.47. The molecule has 3 N–H and O–H groups in total. The van der Waals surface area contributed by atoms with E-state index in [2.05, 4.69) is 33.0 Å². The largest absolute Gasteiger partial charge is 0.355 e. The van der Waals surface area contributed by atoms with E-state index in [4.69, 9.17) is 5.73 Å². The SMILES string of the molecule is CCC(CC)(CN)C(=O)NCC1(CC(C)C)CC1. The van der Waals surface area contributed by atoms with Gasteiger partial charge in [0.1, 0.15) is 0 Å². The van der Waals surface area contributed by atoms with E-state index in [-0.39, 0.29) is 11.3 Å². The van der Waals surface area contributed by atoms with Crippen molar-refractivity contribution < 1.29 is 4.79 Å². The van der Waals surface area contributed by atoms with Gasteiger partial charge in [0, 0.05) is 13.1 Å². The summed E-state index contributed by atoms with van der Waals surface area (Å²) in [7, 11) is 0. The van der Waals surface area contributed by atoms with E-state index >= 15 is 0 Å². The first-order chi connectivity index (χ1) is 8.43. The van der Waals surface area contributed by atoms with Crippen LogP contribution in [-0.2, 0) is 4.79 Å². The van der Waals surface area contributed by atoms with Crippen molar-refractivity contribution in [2.75, 3.05) is 13.1 Å². The molecule has 0 aliphatic heterocycles. The Hall–Kier alpha value is -0.570. The summed E-state index contributed by atoms with van der Waals surface area (Å²) < 4.78 is 0. The Morgan fingerprint density at radius 2 is 1.89 bits per heavy atom. The van der Waals surface area contributed by atoms with E-state index in [0.29, 0.717) is 17.9 Å². The molecule has 0 aromatic carbocycles. The minimum atomic E-state index is -0.353. The molecule has 1 aliphatic carbocycles. The smallest absolute Gasteiger partial charge is 0.227 e. The van der Waals surface area contributed by atoms with Crippen LogP contribution in [0.1, 0.15) is 59.8 Å². The summed E-state index contributed by atoms with van der Waals surface area (Å²) in [4.78, 5) is 12.3. The fraction of sp³-hybridized carbons (Fsp3) is 0.933. The molecule has 1 aliphatic rings. The van der Waals surface area contributed by atoms with Crippen LogP contribution in [0, 0.1) is 16.7 Å². The number of amides is 1. The normalized spacial score (nSPS) is 17.9. The summed E-state index contributed by atoms with van der Waals surface area (Å²) in [6, 6.07) is 0. The first kappa shape index (κ1) is 15.5. The molecule has 0 heterocycles. The van der Waals surface area contributed by atoms with Gasteiger partial charge in [0.25, 0.3) is 0 Å². The molecule has 0 saturated heterocycles. The molecule has 0 atom stereocenters. The molecule has 1 fully saturated rings. The minimum Gasteiger partial charge on any atom is -0.355 e. The van der Waals surface area contributed by atoms with E-state index < -0.39 is 0 Å². The van der Waals surface area contributed by atoms with Crippen LogP contribution in [0.25, 0.3) is 0 Å². The zero-order valence-electron chi connectivity index (χ0n) is 12.5. The number of carbonyl (C=O) groups is 1. The van der Waals surface area contributed by atoms with Gasteiger partial charge >= 0.3 is 0 Å². The maximum absolute atomic E-state index is 12.3. The second-order valence-electron chi connectivity index (χ2n) is 6.47. The van der Waals surface area contributed by atoms with Crippen molar-refractivity contribution in [1.29, 1.82) is 0 Å². The monoisotopic (exact) mass is 254 g/mol. The molecular formula is C15H30N2O. The molecule has 0 radical (unpaired) electrons. The van der Waals surface area contributed by atoms with Crippen LogP contribution in [0.5, 0.6) is 0 Å².